The van der Waals surface area contributed by atoms with Crippen LogP contribution in [-0.4, -0.2) is 18.1 Å². The number of nitriles is 1. The van der Waals surface area contributed by atoms with Crippen molar-refractivity contribution in [3.05, 3.63) is 62.7 Å². The highest BCUT2D eigenvalue weighted by Crippen LogP contribution is 2.38. The van der Waals surface area contributed by atoms with Crippen LogP contribution in [0.5, 0.6) is 11.5 Å². The average molecular weight is 357 g/mol. The maximum atomic E-state index is 10.7. The summed E-state index contributed by atoms with van der Waals surface area (Å²) in [6, 6.07) is 11.4. The van der Waals surface area contributed by atoms with Crippen molar-refractivity contribution in [2.75, 3.05) is 13.2 Å². The molecule has 2 aromatic rings. The van der Waals surface area contributed by atoms with E-state index in [2.05, 4.69) is 6.07 Å². The minimum Gasteiger partial charge on any atom is -0.489 e. The standard InChI is InChI=1S/C18H13ClN2O4/c19-16-9-12(10-17-18(16)25-7-1-6-24-17)8-14(11-20)13-2-4-15(5-3-13)21(22)23/h2-5,8-10H,1,6-7H2/b14-8-. The van der Waals surface area contributed by atoms with Gasteiger partial charge in [-0.15, -0.1) is 0 Å². The number of nitrogens with zero attached hydrogens (tertiary/aromatic N) is 2. The highest BCUT2D eigenvalue weighted by atomic mass is 35.5. The number of nitro groups is 1. The Bertz CT molecular complexity index is 885. The van der Waals surface area contributed by atoms with Gasteiger partial charge in [0.25, 0.3) is 5.69 Å². The van der Waals surface area contributed by atoms with Crippen LogP contribution in [-0.2, 0) is 0 Å². The summed E-state index contributed by atoms with van der Waals surface area (Å²) in [4.78, 5) is 10.2. The number of fused-ring (bicyclic) bond motifs is 1. The second-order valence-electron chi connectivity index (χ2n) is 5.35. The van der Waals surface area contributed by atoms with Crippen LogP contribution in [0.1, 0.15) is 17.5 Å². The van der Waals surface area contributed by atoms with Gasteiger partial charge in [-0.25, -0.2) is 0 Å². The molecule has 0 N–H and O–H groups in total. The predicted octanol–water partition coefficient (Wildman–Crippen LogP) is 4.47. The molecule has 0 saturated heterocycles. The van der Waals surface area contributed by atoms with Crippen LogP contribution in [0, 0.1) is 21.4 Å². The number of allylic oxidation sites excluding steroid dienone is 1. The van der Waals surface area contributed by atoms with Gasteiger partial charge in [0, 0.05) is 18.6 Å². The minimum absolute atomic E-state index is 0.0281. The Morgan fingerprint density at radius 1 is 1.24 bits per heavy atom. The Balaban J connectivity index is 1.97. The van der Waals surface area contributed by atoms with Crippen molar-refractivity contribution in [1.29, 1.82) is 5.26 Å². The number of hydrogen-bond donors (Lipinski definition) is 0. The Morgan fingerprint density at radius 3 is 2.64 bits per heavy atom. The van der Waals surface area contributed by atoms with E-state index in [0.717, 1.165) is 6.42 Å². The first-order valence-corrected chi connectivity index (χ1v) is 7.92. The van der Waals surface area contributed by atoms with E-state index in [1.807, 2.05) is 0 Å². The molecule has 1 aliphatic heterocycles. The van der Waals surface area contributed by atoms with Gasteiger partial charge in [-0.1, -0.05) is 11.6 Å². The molecule has 1 aliphatic rings. The molecule has 0 atom stereocenters. The van der Waals surface area contributed by atoms with Gasteiger partial charge in [-0.2, -0.15) is 5.26 Å². The van der Waals surface area contributed by atoms with E-state index in [9.17, 15) is 15.4 Å². The summed E-state index contributed by atoms with van der Waals surface area (Å²) in [5.41, 5.74) is 1.60. The lowest BCUT2D eigenvalue weighted by molar-refractivity contribution is -0.384. The van der Waals surface area contributed by atoms with Gasteiger partial charge in [-0.05, 0) is 41.5 Å². The van der Waals surface area contributed by atoms with E-state index in [1.54, 1.807) is 18.2 Å². The minimum atomic E-state index is -0.483. The topological polar surface area (TPSA) is 85.4 Å². The summed E-state index contributed by atoms with van der Waals surface area (Å²) in [6.07, 6.45) is 2.42. The smallest absolute Gasteiger partial charge is 0.269 e. The van der Waals surface area contributed by atoms with E-state index in [1.165, 1.54) is 24.3 Å². The second-order valence-corrected chi connectivity index (χ2v) is 5.76. The molecular formula is C18H13ClN2O4. The molecule has 0 amide bonds. The van der Waals surface area contributed by atoms with Crippen molar-refractivity contribution >= 4 is 28.9 Å². The molecule has 126 valence electrons. The highest BCUT2D eigenvalue weighted by molar-refractivity contribution is 6.32. The zero-order valence-electron chi connectivity index (χ0n) is 13.1. The summed E-state index contributed by atoms with van der Waals surface area (Å²) < 4.78 is 11.2. The molecule has 0 saturated carbocycles. The quantitative estimate of drug-likeness (QED) is 0.350. The Kier molecular flexibility index (Phi) is 4.87. The molecule has 3 rings (SSSR count). The number of hydrogen-bond acceptors (Lipinski definition) is 5. The normalized spacial score (nSPS) is 13.7. The number of halogens is 1. The Labute approximate surface area is 149 Å². The van der Waals surface area contributed by atoms with Crippen LogP contribution >= 0.6 is 11.6 Å². The van der Waals surface area contributed by atoms with E-state index < -0.39 is 4.92 Å². The summed E-state index contributed by atoms with van der Waals surface area (Å²) in [5.74, 6) is 1.04. The fourth-order valence-electron chi connectivity index (χ4n) is 2.44. The summed E-state index contributed by atoms with van der Waals surface area (Å²) in [7, 11) is 0. The third kappa shape index (κ3) is 3.73. The number of non-ortho nitro benzene ring substituents is 1. The zero-order chi connectivity index (χ0) is 17.8. The van der Waals surface area contributed by atoms with Gasteiger partial charge < -0.3 is 9.47 Å². The molecule has 25 heavy (non-hydrogen) atoms. The molecule has 0 unspecified atom stereocenters. The van der Waals surface area contributed by atoms with E-state index in [0.29, 0.717) is 46.4 Å². The first kappa shape index (κ1) is 16.8. The molecule has 0 aromatic heterocycles. The van der Waals surface area contributed by atoms with Gasteiger partial charge in [0.2, 0.25) is 0 Å². The van der Waals surface area contributed by atoms with Crippen molar-refractivity contribution < 1.29 is 14.4 Å². The maximum Gasteiger partial charge on any atom is 0.269 e. The van der Waals surface area contributed by atoms with Crippen LogP contribution in [0.15, 0.2) is 36.4 Å². The van der Waals surface area contributed by atoms with Crippen LogP contribution in [0.3, 0.4) is 0 Å². The summed E-state index contributed by atoms with van der Waals surface area (Å²) in [5, 5.41) is 20.6. The van der Waals surface area contributed by atoms with Gasteiger partial charge in [0.15, 0.2) is 11.5 Å². The molecular weight excluding hydrogens is 344 g/mol. The largest absolute Gasteiger partial charge is 0.489 e. The van der Waals surface area contributed by atoms with Crippen LogP contribution in [0.4, 0.5) is 5.69 Å². The van der Waals surface area contributed by atoms with E-state index >= 15 is 0 Å². The first-order chi connectivity index (χ1) is 12.1. The lowest BCUT2D eigenvalue weighted by Crippen LogP contribution is -1.97. The summed E-state index contributed by atoms with van der Waals surface area (Å²) >= 11 is 6.26. The van der Waals surface area contributed by atoms with Crippen LogP contribution in [0.25, 0.3) is 11.6 Å². The molecule has 0 radical (unpaired) electrons. The zero-order valence-corrected chi connectivity index (χ0v) is 13.8. The Hall–Kier alpha value is -3.04. The fraction of sp³-hybridized carbons (Fsp3) is 0.167. The monoisotopic (exact) mass is 356 g/mol. The molecule has 2 aromatic carbocycles. The predicted molar refractivity (Wildman–Crippen MR) is 93.6 cm³/mol. The number of rotatable bonds is 3. The molecule has 0 bridgehead atoms. The Morgan fingerprint density at radius 2 is 1.96 bits per heavy atom. The van der Waals surface area contributed by atoms with E-state index in [4.69, 9.17) is 21.1 Å². The van der Waals surface area contributed by atoms with Gasteiger partial charge >= 0.3 is 0 Å². The number of nitro benzene ring substituents is 1. The van der Waals surface area contributed by atoms with Crippen LogP contribution < -0.4 is 9.47 Å². The lowest BCUT2D eigenvalue weighted by Gasteiger charge is -2.10. The number of ether oxygens (including phenoxy) is 2. The third-order valence-electron chi connectivity index (χ3n) is 3.65. The second kappa shape index (κ2) is 7.24. The molecule has 7 heteroatoms. The SMILES string of the molecule is N#C/C(=C/c1cc(Cl)c2c(c1)OCCCO2)c1ccc([N+](=O)[O-])cc1. The molecule has 0 fully saturated rings. The van der Waals surface area contributed by atoms with Crippen LogP contribution in [0.2, 0.25) is 5.02 Å². The van der Waals surface area contributed by atoms with Crippen molar-refractivity contribution in [3.8, 4) is 17.6 Å². The average Bonchev–Trinajstić information content (AvgIpc) is 2.85. The van der Waals surface area contributed by atoms with Crippen molar-refractivity contribution in [2.24, 2.45) is 0 Å². The molecule has 1 heterocycles. The first-order valence-electron chi connectivity index (χ1n) is 7.54. The van der Waals surface area contributed by atoms with Gasteiger partial charge in [0.1, 0.15) is 0 Å². The lowest BCUT2D eigenvalue weighted by atomic mass is 10.0. The third-order valence-corrected chi connectivity index (χ3v) is 3.93. The van der Waals surface area contributed by atoms with Gasteiger partial charge in [0.05, 0.1) is 34.8 Å². The van der Waals surface area contributed by atoms with Crippen molar-refractivity contribution in [3.63, 3.8) is 0 Å². The fourth-order valence-corrected chi connectivity index (χ4v) is 2.72. The van der Waals surface area contributed by atoms with Crippen molar-refractivity contribution in [1.82, 2.24) is 0 Å². The van der Waals surface area contributed by atoms with Crippen molar-refractivity contribution in [2.45, 2.75) is 6.42 Å². The molecule has 0 aliphatic carbocycles. The highest BCUT2D eigenvalue weighted by Gasteiger charge is 2.15. The summed E-state index contributed by atoms with van der Waals surface area (Å²) in [6.45, 7) is 1.07. The molecule has 0 spiro atoms. The van der Waals surface area contributed by atoms with Gasteiger partial charge in [-0.3, -0.25) is 10.1 Å². The van der Waals surface area contributed by atoms with E-state index in [-0.39, 0.29) is 5.69 Å². The number of benzene rings is 2. The maximum absolute atomic E-state index is 10.7. The molecule has 6 nitrogen and oxygen atoms in total.